The predicted octanol–water partition coefficient (Wildman–Crippen LogP) is 4.87. The van der Waals surface area contributed by atoms with Gasteiger partial charge in [0, 0.05) is 16.8 Å². The number of halogens is 1. The molecule has 6 nitrogen and oxygen atoms in total. The molecule has 152 valence electrons. The lowest BCUT2D eigenvalue weighted by atomic mass is 9.95. The Bertz CT molecular complexity index is 1240. The molecule has 0 unspecified atom stereocenters. The molecule has 0 saturated heterocycles. The number of hydrogen-bond donors (Lipinski definition) is 2. The van der Waals surface area contributed by atoms with Crippen molar-refractivity contribution in [2.24, 2.45) is 0 Å². The molecule has 1 aliphatic rings. The Balaban J connectivity index is 1.70. The molecule has 4 aromatic rings. The van der Waals surface area contributed by atoms with Gasteiger partial charge in [0.25, 0.3) is 5.91 Å². The molecular formula is C23H22ClN5O. The van der Waals surface area contributed by atoms with E-state index in [4.69, 9.17) is 27.3 Å². The van der Waals surface area contributed by atoms with Gasteiger partial charge in [-0.15, -0.1) is 0 Å². The number of anilines is 1. The third-order valence-corrected chi connectivity index (χ3v) is 6.00. The number of nitrogen functional groups attached to an aromatic ring is 1. The first-order chi connectivity index (χ1) is 14.6. The Morgan fingerprint density at radius 3 is 2.37 bits per heavy atom. The minimum Gasteiger partial charge on any atom is -0.384 e. The summed E-state index contributed by atoms with van der Waals surface area (Å²) < 4.78 is 1.78. The van der Waals surface area contributed by atoms with Gasteiger partial charge in [-0.1, -0.05) is 43.0 Å². The molecule has 0 spiro atoms. The standard InChI is InChI=1S/C23H22ClN5O/c24-14-10-12-16(13-11-14)29-21(25)19(23(30)26-15-6-2-1-3-7-15)20-22(29)28-18-9-5-4-8-17(18)27-20/h4-5,8-13,15H,1-3,6-7,25H2,(H,26,30). The molecule has 0 bridgehead atoms. The van der Waals surface area contributed by atoms with Gasteiger partial charge in [-0.05, 0) is 49.2 Å². The molecule has 1 aliphatic carbocycles. The van der Waals surface area contributed by atoms with Gasteiger partial charge >= 0.3 is 0 Å². The quantitative estimate of drug-likeness (QED) is 0.496. The van der Waals surface area contributed by atoms with Gasteiger partial charge in [0.05, 0.1) is 11.0 Å². The van der Waals surface area contributed by atoms with E-state index in [0.717, 1.165) is 42.4 Å². The summed E-state index contributed by atoms with van der Waals surface area (Å²) in [5.41, 5.74) is 10.2. The summed E-state index contributed by atoms with van der Waals surface area (Å²) in [6.07, 6.45) is 5.49. The lowest BCUT2D eigenvalue weighted by Crippen LogP contribution is -2.36. The Kier molecular flexibility index (Phi) is 4.79. The van der Waals surface area contributed by atoms with Crippen LogP contribution in [0.4, 0.5) is 5.82 Å². The molecule has 30 heavy (non-hydrogen) atoms. The van der Waals surface area contributed by atoms with E-state index in [1.807, 2.05) is 36.4 Å². The average molecular weight is 420 g/mol. The molecule has 0 radical (unpaired) electrons. The van der Waals surface area contributed by atoms with Crippen LogP contribution in [0.2, 0.25) is 5.02 Å². The zero-order valence-electron chi connectivity index (χ0n) is 16.4. The maximum atomic E-state index is 13.3. The fourth-order valence-corrected chi connectivity index (χ4v) is 4.37. The van der Waals surface area contributed by atoms with Crippen molar-refractivity contribution in [3.63, 3.8) is 0 Å². The number of para-hydroxylation sites is 2. The summed E-state index contributed by atoms with van der Waals surface area (Å²) in [4.78, 5) is 22.8. The number of nitrogens with zero attached hydrogens (tertiary/aromatic N) is 3. The largest absolute Gasteiger partial charge is 0.384 e. The highest BCUT2D eigenvalue weighted by Crippen LogP contribution is 2.31. The SMILES string of the molecule is Nc1c(C(=O)NC2CCCCC2)c2nc3ccccc3nc2n1-c1ccc(Cl)cc1. The Morgan fingerprint density at radius 1 is 1.00 bits per heavy atom. The second-order valence-corrected chi connectivity index (χ2v) is 8.20. The molecule has 2 aromatic heterocycles. The third kappa shape index (κ3) is 3.27. The molecule has 0 atom stereocenters. The number of aromatic nitrogens is 3. The Hall–Kier alpha value is -3.12. The first-order valence-electron chi connectivity index (χ1n) is 10.3. The van der Waals surface area contributed by atoms with Crippen LogP contribution in [0.5, 0.6) is 0 Å². The summed E-state index contributed by atoms with van der Waals surface area (Å²) in [5.74, 6) is 0.137. The molecule has 2 heterocycles. The van der Waals surface area contributed by atoms with E-state index in [1.165, 1.54) is 6.42 Å². The average Bonchev–Trinajstić information content (AvgIpc) is 3.04. The van der Waals surface area contributed by atoms with E-state index in [0.29, 0.717) is 27.6 Å². The summed E-state index contributed by atoms with van der Waals surface area (Å²) >= 11 is 6.07. The molecule has 1 saturated carbocycles. The Labute approximate surface area is 179 Å². The van der Waals surface area contributed by atoms with Crippen LogP contribution in [0.15, 0.2) is 48.5 Å². The zero-order valence-corrected chi connectivity index (χ0v) is 17.2. The summed E-state index contributed by atoms with van der Waals surface area (Å²) in [6.45, 7) is 0. The number of benzene rings is 2. The molecular weight excluding hydrogens is 398 g/mol. The number of rotatable bonds is 3. The lowest BCUT2D eigenvalue weighted by Gasteiger charge is -2.22. The highest BCUT2D eigenvalue weighted by Gasteiger charge is 2.26. The van der Waals surface area contributed by atoms with Crippen molar-refractivity contribution < 1.29 is 4.79 Å². The van der Waals surface area contributed by atoms with E-state index >= 15 is 0 Å². The summed E-state index contributed by atoms with van der Waals surface area (Å²) in [6, 6.07) is 15.1. The maximum absolute atomic E-state index is 13.3. The first kappa shape index (κ1) is 18.9. The molecule has 7 heteroatoms. The number of nitrogens with one attached hydrogen (secondary N) is 1. The highest BCUT2D eigenvalue weighted by molar-refractivity contribution is 6.30. The summed E-state index contributed by atoms with van der Waals surface area (Å²) in [7, 11) is 0. The molecule has 5 rings (SSSR count). The Morgan fingerprint density at radius 2 is 1.67 bits per heavy atom. The van der Waals surface area contributed by atoms with Crippen LogP contribution in [0.1, 0.15) is 42.5 Å². The van der Waals surface area contributed by atoms with Crippen molar-refractivity contribution >= 4 is 45.5 Å². The molecule has 1 amide bonds. The van der Waals surface area contributed by atoms with Gasteiger partial charge in [-0.2, -0.15) is 0 Å². The van der Waals surface area contributed by atoms with Crippen molar-refractivity contribution in [1.82, 2.24) is 19.9 Å². The van der Waals surface area contributed by atoms with E-state index in [9.17, 15) is 4.79 Å². The van der Waals surface area contributed by atoms with Gasteiger partial charge in [0.15, 0.2) is 5.65 Å². The van der Waals surface area contributed by atoms with Crippen molar-refractivity contribution in [3.05, 3.63) is 59.1 Å². The maximum Gasteiger partial charge on any atom is 0.257 e. The van der Waals surface area contributed by atoms with Gasteiger partial charge in [-0.3, -0.25) is 9.36 Å². The fourth-order valence-electron chi connectivity index (χ4n) is 4.24. The van der Waals surface area contributed by atoms with Gasteiger partial charge < -0.3 is 11.1 Å². The van der Waals surface area contributed by atoms with Crippen LogP contribution >= 0.6 is 11.6 Å². The van der Waals surface area contributed by atoms with Gasteiger partial charge in [0.2, 0.25) is 0 Å². The number of hydrogen-bond acceptors (Lipinski definition) is 4. The van der Waals surface area contributed by atoms with Crippen LogP contribution in [-0.4, -0.2) is 26.5 Å². The minimum absolute atomic E-state index is 0.174. The lowest BCUT2D eigenvalue weighted by molar-refractivity contribution is 0.0930. The second-order valence-electron chi connectivity index (χ2n) is 7.76. The van der Waals surface area contributed by atoms with Crippen LogP contribution in [0, 0.1) is 0 Å². The highest BCUT2D eigenvalue weighted by atomic mass is 35.5. The molecule has 2 aromatic carbocycles. The topological polar surface area (TPSA) is 85.8 Å². The fraction of sp³-hybridized carbons (Fsp3) is 0.261. The molecule has 0 aliphatic heterocycles. The number of carbonyl (C=O) groups is 1. The second kappa shape index (κ2) is 7.61. The smallest absolute Gasteiger partial charge is 0.257 e. The number of nitrogens with two attached hydrogens (primary N) is 1. The van der Waals surface area contributed by atoms with Gasteiger partial charge in [-0.25, -0.2) is 9.97 Å². The van der Waals surface area contributed by atoms with E-state index in [1.54, 1.807) is 16.7 Å². The summed E-state index contributed by atoms with van der Waals surface area (Å²) in [5, 5.41) is 3.79. The zero-order chi connectivity index (χ0) is 20.7. The number of fused-ring (bicyclic) bond motifs is 2. The van der Waals surface area contributed by atoms with E-state index < -0.39 is 0 Å². The first-order valence-corrected chi connectivity index (χ1v) is 10.6. The van der Waals surface area contributed by atoms with E-state index in [2.05, 4.69) is 5.32 Å². The number of amides is 1. The monoisotopic (exact) mass is 419 g/mol. The van der Waals surface area contributed by atoms with Crippen LogP contribution in [0.25, 0.3) is 27.9 Å². The predicted molar refractivity (Wildman–Crippen MR) is 120 cm³/mol. The van der Waals surface area contributed by atoms with Crippen molar-refractivity contribution in [3.8, 4) is 5.69 Å². The molecule has 3 N–H and O–H groups in total. The van der Waals surface area contributed by atoms with Crippen LogP contribution < -0.4 is 11.1 Å². The van der Waals surface area contributed by atoms with Crippen molar-refractivity contribution in [2.45, 2.75) is 38.1 Å². The van der Waals surface area contributed by atoms with Crippen molar-refractivity contribution in [1.29, 1.82) is 0 Å². The van der Waals surface area contributed by atoms with Crippen LogP contribution in [-0.2, 0) is 0 Å². The van der Waals surface area contributed by atoms with Crippen molar-refractivity contribution in [2.75, 3.05) is 5.73 Å². The van der Waals surface area contributed by atoms with Gasteiger partial charge in [0.1, 0.15) is 16.9 Å². The van der Waals surface area contributed by atoms with E-state index in [-0.39, 0.29) is 11.9 Å². The third-order valence-electron chi connectivity index (χ3n) is 5.75. The van der Waals surface area contributed by atoms with Crippen LogP contribution in [0.3, 0.4) is 0 Å². The normalized spacial score (nSPS) is 15.0. The minimum atomic E-state index is -0.193. The molecule has 1 fully saturated rings. The number of carbonyl (C=O) groups excluding carboxylic acids is 1.